The highest BCUT2D eigenvalue weighted by Gasteiger charge is 2.38. The molecule has 2 heterocycles. The Morgan fingerprint density at radius 3 is 2.64 bits per heavy atom. The monoisotopic (exact) mass is 389 g/mol. The maximum absolute atomic E-state index is 12.9. The van der Waals surface area contributed by atoms with E-state index in [0.29, 0.717) is 31.6 Å². The first-order chi connectivity index (χ1) is 11.2. The highest BCUT2D eigenvalue weighted by atomic mass is 35.5. The molecular formula is C16H24ClN3O4S. The van der Waals surface area contributed by atoms with Gasteiger partial charge in [0.15, 0.2) is 5.58 Å². The van der Waals surface area contributed by atoms with Gasteiger partial charge in [0.1, 0.15) is 0 Å². The average Bonchev–Trinajstić information content (AvgIpc) is 2.83. The Kier molecular flexibility index (Phi) is 5.39. The number of aromatic nitrogens is 1. The standard InChI is InChI=1S/C16H23N3O4S.ClH/c1-4-19-12-6-5-11(9-13(12)23-15(19)20)24(21,22)18-8-7-14(17)16(2,3)10-18;/h5-6,9,14H,4,7-8,10,17H2,1-3H3;1H. The van der Waals surface area contributed by atoms with Crippen molar-refractivity contribution in [3.8, 4) is 0 Å². The topological polar surface area (TPSA) is 98.5 Å². The van der Waals surface area contributed by atoms with Crippen LogP contribution in [0.5, 0.6) is 0 Å². The summed E-state index contributed by atoms with van der Waals surface area (Å²) in [6, 6.07) is 4.56. The summed E-state index contributed by atoms with van der Waals surface area (Å²) in [4.78, 5) is 11.9. The number of nitrogens with two attached hydrogens (primary N) is 1. The molecule has 1 saturated heterocycles. The lowest BCUT2D eigenvalue weighted by Gasteiger charge is -2.41. The molecule has 7 nitrogen and oxygen atoms in total. The van der Waals surface area contributed by atoms with Gasteiger partial charge in [0.25, 0.3) is 0 Å². The summed E-state index contributed by atoms with van der Waals surface area (Å²) in [6.45, 7) is 7.02. The van der Waals surface area contributed by atoms with Gasteiger partial charge in [-0.05, 0) is 30.9 Å². The molecule has 1 aliphatic rings. The molecule has 140 valence electrons. The van der Waals surface area contributed by atoms with Crippen LogP contribution in [-0.4, -0.2) is 36.4 Å². The van der Waals surface area contributed by atoms with Gasteiger partial charge in [-0.25, -0.2) is 13.2 Å². The Morgan fingerprint density at radius 1 is 1.36 bits per heavy atom. The molecule has 1 unspecified atom stereocenters. The predicted octanol–water partition coefficient (Wildman–Crippen LogP) is 1.78. The first kappa shape index (κ1) is 20.0. The number of rotatable bonds is 3. The van der Waals surface area contributed by atoms with Crippen LogP contribution in [0.1, 0.15) is 27.2 Å². The first-order valence-corrected chi connectivity index (χ1v) is 9.50. The number of fused-ring (bicyclic) bond motifs is 1. The van der Waals surface area contributed by atoms with Crippen molar-refractivity contribution < 1.29 is 12.8 Å². The summed E-state index contributed by atoms with van der Waals surface area (Å²) in [5, 5.41) is 0. The van der Waals surface area contributed by atoms with Gasteiger partial charge in [0, 0.05) is 31.7 Å². The van der Waals surface area contributed by atoms with Gasteiger partial charge < -0.3 is 10.2 Å². The molecule has 0 bridgehead atoms. The van der Waals surface area contributed by atoms with Crippen molar-refractivity contribution in [1.82, 2.24) is 8.87 Å². The third kappa shape index (κ3) is 3.36. The molecular weight excluding hydrogens is 366 g/mol. The molecule has 1 aliphatic heterocycles. The molecule has 0 aliphatic carbocycles. The van der Waals surface area contributed by atoms with Crippen molar-refractivity contribution in [3.63, 3.8) is 0 Å². The Hall–Kier alpha value is -1.35. The van der Waals surface area contributed by atoms with Crippen LogP contribution in [0.3, 0.4) is 0 Å². The number of hydrogen-bond donors (Lipinski definition) is 1. The van der Waals surface area contributed by atoms with Gasteiger partial charge in [0.2, 0.25) is 10.0 Å². The zero-order chi connectivity index (χ0) is 17.7. The van der Waals surface area contributed by atoms with E-state index in [9.17, 15) is 13.2 Å². The number of piperidine rings is 1. The second-order valence-corrected chi connectivity index (χ2v) is 8.90. The Balaban J connectivity index is 0.00000225. The zero-order valence-electron chi connectivity index (χ0n) is 14.6. The maximum Gasteiger partial charge on any atom is 0.419 e. The molecule has 1 aromatic carbocycles. The molecule has 3 rings (SSSR count). The van der Waals surface area contributed by atoms with E-state index in [1.807, 2.05) is 20.8 Å². The van der Waals surface area contributed by atoms with Gasteiger partial charge in [-0.2, -0.15) is 4.31 Å². The smallest absolute Gasteiger partial charge is 0.408 e. The van der Waals surface area contributed by atoms with Gasteiger partial charge in [-0.1, -0.05) is 13.8 Å². The largest absolute Gasteiger partial charge is 0.419 e. The number of benzene rings is 1. The number of hydrogen-bond acceptors (Lipinski definition) is 5. The van der Waals surface area contributed by atoms with Gasteiger partial charge in [0.05, 0.1) is 10.4 Å². The molecule has 1 aromatic heterocycles. The Bertz CT molecular complexity index is 932. The van der Waals surface area contributed by atoms with Gasteiger partial charge in [-0.3, -0.25) is 4.57 Å². The van der Waals surface area contributed by atoms with E-state index in [4.69, 9.17) is 10.2 Å². The van der Waals surface area contributed by atoms with Gasteiger partial charge >= 0.3 is 5.76 Å². The highest BCUT2D eigenvalue weighted by molar-refractivity contribution is 7.89. The fourth-order valence-corrected chi connectivity index (χ4v) is 4.83. The third-order valence-corrected chi connectivity index (χ3v) is 6.71. The summed E-state index contributed by atoms with van der Waals surface area (Å²) in [6.07, 6.45) is 0.621. The van der Waals surface area contributed by atoms with Crippen LogP contribution in [0, 0.1) is 5.41 Å². The van der Waals surface area contributed by atoms with Crippen LogP contribution < -0.4 is 11.5 Å². The lowest BCUT2D eigenvalue weighted by atomic mass is 9.81. The minimum atomic E-state index is -3.65. The van der Waals surface area contributed by atoms with Crippen LogP contribution in [0.4, 0.5) is 0 Å². The molecule has 9 heteroatoms. The number of nitrogens with zero attached hydrogens (tertiary/aromatic N) is 2. The summed E-state index contributed by atoms with van der Waals surface area (Å²) < 4.78 is 34.0. The number of aryl methyl sites for hydroxylation is 1. The molecule has 0 amide bonds. The number of oxazole rings is 1. The van der Waals surface area contributed by atoms with E-state index in [1.54, 1.807) is 6.07 Å². The molecule has 0 saturated carbocycles. The summed E-state index contributed by atoms with van der Waals surface area (Å²) >= 11 is 0. The third-order valence-electron chi connectivity index (χ3n) is 4.87. The maximum atomic E-state index is 12.9. The minimum Gasteiger partial charge on any atom is -0.408 e. The molecule has 25 heavy (non-hydrogen) atoms. The fraction of sp³-hybridized carbons (Fsp3) is 0.562. The number of sulfonamides is 1. The highest BCUT2D eigenvalue weighted by Crippen LogP contribution is 2.31. The predicted molar refractivity (Wildman–Crippen MR) is 98.5 cm³/mol. The molecule has 1 fully saturated rings. The van der Waals surface area contributed by atoms with Crippen molar-refractivity contribution in [2.24, 2.45) is 11.1 Å². The Morgan fingerprint density at radius 2 is 2.04 bits per heavy atom. The molecule has 1 atom stereocenters. The van der Waals surface area contributed by atoms with Crippen molar-refractivity contribution in [2.75, 3.05) is 13.1 Å². The number of halogens is 1. The second kappa shape index (κ2) is 6.75. The summed E-state index contributed by atoms with van der Waals surface area (Å²) in [5.74, 6) is -0.480. The molecule has 0 radical (unpaired) electrons. The van der Waals surface area contributed by atoms with Crippen LogP contribution in [-0.2, 0) is 16.6 Å². The molecule has 2 N–H and O–H groups in total. The van der Waals surface area contributed by atoms with Crippen LogP contribution >= 0.6 is 12.4 Å². The van der Waals surface area contributed by atoms with E-state index in [2.05, 4.69) is 0 Å². The van der Waals surface area contributed by atoms with Crippen molar-refractivity contribution in [1.29, 1.82) is 0 Å². The van der Waals surface area contributed by atoms with Crippen LogP contribution in [0.15, 0.2) is 32.3 Å². The lowest BCUT2D eigenvalue weighted by Crippen LogP contribution is -2.53. The second-order valence-electron chi connectivity index (χ2n) is 6.96. The average molecular weight is 390 g/mol. The SMILES string of the molecule is CCn1c(=O)oc2cc(S(=O)(=O)N3CCC(N)C(C)(C)C3)ccc21.Cl. The lowest BCUT2D eigenvalue weighted by molar-refractivity contribution is 0.155. The van der Waals surface area contributed by atoms with E-state index >= 15 is 0 Å². The quantitative estimate of drug-likeness (QED) is 0.862. The van der Waals surface area contributed by atoms with E-state index < -0.39 is 15.8 Å². The molecule has 0 spiro atoms. The van der Waals surface area contributed by atoms with Gasteiger partial charge in [-0.15, -0.1) is 12.4 Å². The van der Waals surface area contributed by atoms with Crippen molar-refractivity contribution >= 4 is 33.5 Å². The van der Waals surface area contributed by atoms with E-state index in [-0.39, 0.29) is 34.3 Å². The first-order valence-electron chi connectivity index (χ1n) is 8.06. The fourth-order valence-electron chi connectivity index (χ4n) is 3.19. The van der Waals surface area contributed by atoms with Crippen molar-refractivity contribution in [2.45, 2.75) is 44.7 Å². The van der Waals surface area contributed by atoms with Crippen LogP contribution in [0.25, 0.3) is 11.1 Å². The van der Waals surface area contributed by atoms with Crippen LogP contribution in [0.2, 0.25) is 0 Å². The van der Waals surface area contributed by atoms with E-state index in [1.165, 1.54) is 21.0 Å². The summed E-state index contributed by atoms with van der Waals surface area (Å²) in [7, 11) is -3.65. The molecule has 2 aromatic rings. The zero-order valence-corrected chi connectivity index (χ0v) is 16.2. The van der Waals surface area contributed by atoms with Crippen molar-refractivity contribution in [3.05, 3.63) is 28.7 Å². The summed E-state index contributed by atoms with van der Waals surface area (Å²) in [5.41, 5.74) is 6.69. The minimum absolute atomic E-state index is 0. The Labute approximate surface area is 153 Å². The van der Waals surface area contributed by atoms with E-state index in [0.717, 1.165) is 0 Å². The normalized spacial score (nSPS) is 21.2.